The van der Waals surface area contributed by atoms with Crippen molar-refractivity contribution in [2.24, 2.45) is 0 Å². The number of halogens is 7. The molecule has 1 aliphatic carbocycles. The van der Waals surface area contributed by atoms with Gasteiger partial charge in [0, 0.05) is 35.1 Å². The van der Waals surface area contributed by atoms with Crippen molar-refractivity contribution in [3.05, 3.63) is 89.8 Å². The third-order valence-electron chi connectivity index (χ3n) is 7.34. The molecular weight excluding hydrogens is 659 g/mol. The number of alkyl halides is 6. The highest BCUT2D eigenvalue weighted by atomic mass is 32.2. The molecule has 0 spiro atoms. The lowest BCUT2D eigenvalue weighted by Crippen LogP contribution is -2.16. The monoisotopic (exact) mass is 681 g/mol. The van der Waals surface area contributed by atoms with Gasteiger partial charge in [-0.2, -0.15) is 18.3 Å². The van der Waals surface area contributed by atoms with Crippen LogP contribution < -0.4 is 4.74 Å². The Labute approximate surface area is 262 Å². The number of aromatic nitrogens is 3. The van der Waals surface area contributed by atoms with Crippen LogP contribution in [0.2, 0.25) is 0 Å². The molecule has 0 saturated heterocycles. The van der Waals surface area contributed by atoms with E-state index in [0.29, 0.717) is 0 Å². The van der Waals surface area contributed by atoms with Gasteiger partial charge in [-0.3, -0.25) is 0 Å². The molecular formula is C31H22F7N3O5S. The lowest BCUT2D eigenvalue weighted by Gasteiger charge is -2.14. The fourth-order valence-corrected chi connectivity index (χ4v) is 5.96. The van der Waals surface area contributed by atoms with Crippen LogP contribution in [0.25, 0.3) is 39.4 Å². The molecule has 6 rings (SSSR count). The molecule has 3 aromatic carbocycles. The highest BCUT2D eigenvalue weighted by Gasteiger charge is 2.35. The predicted molar refractivity (Wildman–Crippen MR) is 153 cm³/mol. The molecule has 246 valence electrons. The van der Waals surface area contributed by atoms with Crippen LogP contribution in [0.4, 0.5) is 30.7 Å². The maximum absolute atomic E-state index is 15.1. The van der Waals surface area contributed by atoms with Crippen molar-refractivity contribution in [3.63, 3.8) is 0 Å². The molecule has 0 unspecified atom stereocenters. The van der Waals surface area contributed by atoms with Crippen molar-refractivity contribution in [3.8, 4) is 45.1 Å². The normalized spacial score (nSPS) is 14.1. The van der Waals surface area contributed by atoms with E-state index in [9.17, 15) is 39.9 Å². The van der Waals surface area contributed by atoms with Gasteiger partial charge >= 0.3 is 12.5 Å². The Hall–Kier alpha value is -4.70. The summed E-state index contributed by atoms with van der Waals surface area (Å²) in [5.74, 6) is -1.21. The number of nitrogens with zero attached hydrogens (tertiary/aromatic N) is 3. The maximum Gasteiger partial charge on any atom is 0.573 e. The average molecular weight is 682 g/mol. The molecule has 0 atom stereocenters. The van der Waals surface area contributed by atoms with E-state index in [1.165, 1.54) is 30.3 Å². The highest BCUT2D eigenvalue weighted by Crippen LogP contribution is 2.46. The van der Waals surface area contributed by atoms with Crippen molar-refractivity contribution < 1.29 is 53.4 Å². The summed E-state index contributed by atoms with van der Waals surface area (Å²) in [6.45, 7) is -0.890. The van der Waals surface area contributed by atoms with E-state index in [2.05, 4.69) is 14.8 Å². The van der Waals surface area contributed by atoms with E-state index in [1.54, 1.807) is 0 Å². The smallest absolute Gasteiger partial charge is 0.440 e. The molecule has 16 heteroatoms. The summed E-state index contributed by atoms with van der Waals surface area (Å²) in [5, 5.41) is 13.3. The van der Waals surface area contributed by atoms with Crippen molar-refractivity contribution in [1.29, 1.82) is 0 Å². The van der Waals surface area contributed by atoms with Crippen LogP contribution in [0.15, 0.2) is 76.2 Å². The molecule has 1 N–H and O–H groups in total. The number of benzene rings is 3. The largest absolute Gasteiger partial charge is 0.573 e. The number of ether oxygens (including phenoxy) is 1. The van der Waals surface area contributed by atoms with Crippen LogP contribution in [0.3, 0.4) is 0 Å². The number of hydrogen-bond donors (Lipinski definition) is 1. The van der Waals surface area contributed by atoms with Crippen LogP contribution in [-0.2, 0) is 22.6 Å². The van der Waals surface area contributed by atoms with E-state index in [-0.39, 0.29) is 51.2 Å². The van der Waals surface area contributed by atoms with Gasteiger partial charge in [-0.15, -0.1) is 13.2 Å². The van der Waals surface area contributed by atoms with Crippen LogP contribution in [-0.4, -0.2) is 40.9 Å². The molecule has 47 heavy (non-hydrogen) atoms. The molecule has 0 amide bonds. The molecule has 5 aromatic rings. The standard InChI is InChI=1S/C31H22F7N3O5S/c1-47(43,44)25-14-19(13-23(32)22(25)15-42)18-6-9-24(41-11-10-26(40-41)30(33,34)35)21(12-18)27-28(45-29(39-27)17-2-3-17)16-4-7-20(8-5-16)46-31(36,37)38/h4-14,17,42H,2-3,15H2,1H3. The summed E-state index contributed by atoms with van der Waals surface area (Å²) < 4.78 is 130. The SMILES string of the molecule is CS(=O)(=O)c1cc(-c2ccc(-n3ccc(C(F)(F)F)n3)c(-c3nc(C4CC4)oc3-c3ccc(OC(F)(F)F)cc3)c2)cc(F)c1CO. The molecule has 2 aromatic heterocycles. The minimum atomic E-state index is -4.93. The van der Waals surface area contributed by atoms with Gasteiger partial charge in [0.2, 0.25) is 0 Å². The van der Waals surface area contributed by atoms with E-state index in [1.807, 2.05) is 0 Å². The van der Waals surface area contributed by atoms with Crippen molar-refractivity contribution in [1.82, 2.24) is 14.8 Å². The summed E-state index contributed by atoms with van der Waals surface area (Å²) in [4.78, 5) is 4.18. The summed E-state index contributed by atoms with van der Waals surface area (Å²) in [6.07, 6.45) is -6.30. The number of rotatable bonds is 8. The minimum absolute atomic E-state index is 0.0606. The van der Waals surface area contributed by atoms with Crippen molar-refractivity contribution in [2.75, 3.05) is 6.26 Å². The average Bonchev–Trinajstić information content (AvgIpc) is 3.53. The van der Waals surface area contributed by atoms with Crippen LogP contribution in [0.5, 0.6) is 5.75 Å². The molecule has 1 fully saturated rings. The second-order valence-corrected chi connectivity index (χ2v) is 12.8. The van der Waals surface area contributed by atoms with Crippen LogP contribution in [0.1, 0.15) is 35.9 Å². The number of aliphatic hydroxyl groups is 1. The lowest BCUT2D eigenvalue weighted by molar-refractivity contribution is -0.274. The van der Waals surface area contributed by atoms with Crippen molar-refractivity contribution >= 4 is 9.84 Å². The summed E-state index contributed by atoms with van der Waals surface area (Å²) in [6, 6.07) is 11.9. The van der Waals surface area contributed by atoms with Crippen LogP contribution in [0, 0.1) is 5.82 Å². The second-order valence-electron chi connectivity index (χ2n) is 10.8. The predicted octanol–water partition coefficient (Wildman–Crippen LogP) is 7.69. The fourth-order valence-electron chi connectivity index (χ4n) is 5.00. The van der Waals surface area contributed by atoms with Gasteiger partial charge in [-0.1, -0.05) is 6.07 Å². The van der Waals surface area contributed by atoms with Gasteiger partial charge in [0.1, 0.15) is 17.3 Å². The van der Waals surface area contributed by atoms with Gasteiger partial charge in [0.15, 0.2) is 27.2 Å². The molecule has 1 saturated carbocycles. The summed E-state index contributed by atoms with van der Waals surface area (Å²) >= 11 is 0. The first-order valence-electron chi connectivity index (χ1n) is 13.8. The van der Waals surface area contributed by atoms with Crippen LogP contribution >= 0.6 is 0 Å². The third-order valence-corrected chi connectivity index (χ3v) is 8.51. The fraction of sp³-hybridized carbons (Fsp3) is 0.226. The van der Waals surface area contributed by atoms with E-state index in [4.69, 9.17) is 4.42 Å². The Morgan fingerprint density at radius 2 is 1.64 bits per heavy atom. The highest BCUT2D eigenvalue weighted by molar-refractivity contribution is 7.90. The molecule has 0 bridgehead atoms. The Bertz CT molecular complexity index is 2080. The summed E-state index contributed by atoms with van der Waals surface area (Å²) in [5.41, 5.74) is -0.780. The van der Waals surface area contributed by atoms with Gasteiger partial charge in [-0.25, -0.2) is 22.5 Å². The number of aliphatic hydroxyl groups excluding tert-OH is 1. The number of oxazole rings is 1. The quantitative estimate of drug-likeness (QED) is 0.167. The molecule has 8 nitrogen and oxygen atoms in total. The molecule has 0 radical (unpaired) electrons. The first-order chi connectivity index (χ1) is 22.0. The first-order valence-corrected chi connectivity index (χ1v) is 15.7. The van der Waals surface area contributed by atoms with Gasteiger partial charge in [-0.05, 0) is 78.6 Å². The lowest BCUT2D eigenvalue weighted by atomic mass is 9.97. The van der Waals surface area contributed by atoms with Gasteiger partial charge in [0.05, 0.1) is 17.2 Å². The zero-order chi connectivity index (χ0) is 33.9. The third kappa shape index (κ3) is 6.74. The zero-order valence-electron chi connectivity index (χ0n) is 24.0. The Kier molecular flexibility index (Phi) is 7.91. The van der Waals surface area contributed by atoms with Crippen molar-refractivity contribution in [2.45, 2.75) is 42.8 Å². The molecule has 1 aliphatic rings. The molecule has 2 heterocycles. The number of sulfone groups is 1. The Morgan fingerprint density at radius 3 is 2.21 bits per heavy atom. The van der Waals surface area contributed by atoms with E-state index in [0.717, 1.165) is 60.3 Å². The topological polar surface area (TPSA) is 107 Å². The summed E-state index contributed by atoms with van der Waals surface area (Å²) in [7, 11) is -4.01. The Morgan fingerprint density at radius 1 is 0.957 bits per heavy atom. The molecule has 0 aliphatic heterocycles. The van der Waals surface area contributed by atoms with E-state index < -0.39 is 56.7 Å². The number of hydrogen-bond acceptors (Lipinski definition) is 7. The second kappa shape index (κ2) is 11.5. The van der Waals surface area contributed by atoms with E-state index >= 15 is 4.39 Å². The maximum atomic E-state index is 15.1. The Balaban J connectivity index is 1.57. The van der Waals surface area contributed by atoms with Gasteiger partial charge < -0.3 is 14.3 Å². The first kappa shape index (κ1) is 32.2. The minimum Gasteiger partial charge on any atom is -0.440 e. The van der Waals surface area contributed by atoms with Gasteiger partial charge in [0.25, 0.3) is 0 Å². The zero-order valence-corrected chi connectivity index (χ0v) is 24.8.